The zero-order valence-corrected chi connectivity index (χ0v) is 9.13. The van der Waals surface area contributed by atoms with E-state index in [1.807, 2.05) is 0 Å². The number of nitrogens with one attached hydrogen (secondary N) is 1. The van der Waals surface area contributed by atoms with E-state index in [9.17, 15) is 0 Å². The summed E-state index contributed by atoms with van der Waals surface area (Å²) >= 11 is 1.70. The Kier molecular flexibility index (Phi) is 3.36. The highest BCUT2D eigenvalue weighted by Crippen LogP contribution is 2.19. The minimum Gasteiger partial charge on any atom is -0.316 e. The highest BCUT2D eigenvalue weighted by atomic mass is 32.2. The summed E-state index contributed by atoms with van der Waals surface area (Å²) in [7, 11) is 1.79. The number of thioether (sulfide) groups is 1. The fraction of sp³-hybridized carbons (Fsp3) is 0.875. The molecule has 1 fully saturated rings. The molecule has 14 heavy (non-hydrogen) atoms. The molecule has 0 saturated carbocycles. The second-order valence-corrected chi connectivity index (χ2v) is 4.57. The molecule has 1 aromatic rings. The molecule has 0 aliphatic carbocycles. The van der Waals surface area contributed by atoms with Gasteiger partial charge in [0.1, 0.15) is 0 Å². The number of aryl methyl sites for hydroxylation is 1. The van der Waals surface area contributed by atoms with Crippen molar-refractivity contribution in [3.8, 4) is 0 Å². The normalized spacial score (nSPS) is 22.5. The Labute approximate surface area is 87.6 Å². The van der Waals surface area contributed by atoms with Crippen molar-refractivity contribution in [1.82, 2.24) is 25.5 Å². The summed E-state index contributed by atoms with van der Waals surface area (Å²) in [5.74, 6) is 1.86. The molecule has 0 radical (unpaired) electrons. The number of aromatic nitrogens is 4. The highest BCUT2D eigenvalue weighted by molar-refractivity contribution is 7.99. The minimum absolute atomic E-state index is 0.762. The summed E-state index contributed by atoms with van der Waals surface area (Å²) in [6.45, 7) is 2.30. The first kappa shape index (κ1) is 9.92. The second kappa shape index (κ2) is 4.75. The van der Waals surface area contributed by atoms with Crippen LogP contribution in [0.25, 0.3) is 0 Å². The Bertz CT molecular complexity index is 281. The molecule has 1 unspecified atom stereocenters. The summed E-state index contributed by atoms with van der Waals surface area (Å²) in [6.07, 6.45) is 2.61. The monoisotopic (exact) mass is 213 g/mol. The van der Waals surface area contributed by atoms with E-state index in [-0.39, 0.29) is 0 Å². The maximum atomic E-state index is 4.13. The summed E-state index contributed by atoms with van der Waals surface area (Å²) < 4.78 is 0. The smallest absolute Gasteiger partial charge is 0.231 e. The van der Waals surface area contributed by atoms with Crippen LogP contribution in [0.4, 0.5) is 0 Å². The SMILES string of the molecule is Cn1nnc(SCC2CCCNC2)n1. The van der Waals surface area contributed by atoms with Crippen molar-refractivity contribution >= 4 is 11.8 Å². The third-order valence-corrected chi connectivity index (χ3v) is 3.40. The average Bonchev–Trinajstić information content (AvgIpc) is 2.63. The number of rotatable bonds is 3. The van der Waals surface area contributed by atoms with E-state index < -0.39 is 0 Å². The maximum Gasteiger partial charge on any atom is 0.231 e. The topological polar surface area (TPSA) is 55.6 Å². The molecule has 1 aromatic heterocycles. The molecular weight excluding hydrogens is 198 g/mol. The van der Waals surface area contributed by atoms with E-state index in [4.69, 9.17) is 0 Å². The molecule has 2 heterocycles. The van der Waals surface area contributed by atoms with Gasteiger partial charge in [0.05, 0.1) is 7.05 Å². The van der Waals surface area contributed by atoms with Gasteiger partial charge in [-0.15, -0.1) is 10.2 Å². The van der Waals surface area contributed by atoms with E-state index in [1.165, 1.54) is 24.2 Å². The largest absolute Gasteiger partial charge is 0.316 e. The van der Waals surface area contributed by atoms with Gasteiger partial charge in [-0.2, -0.15) is 4.80 Å². The van der Waals surface area contributed by atoms with Crippen molar-refractivity contribution < 1.29 is 0 Å². The summed E-state index contributed by atoms with van der Waals surface area (Å²) in [4.78, 5) is 1.50. The van der Waals surface area contributed by atoms with E-state index in [0.29, 0.717) is 0 Å². The van der Waals surface area contributed by atoms with E-state index in [1.54, 1.807) is 18.8 Å². The van der Waals surface area contributed by atoms with Gasteiger partial charge in [0.25, 0.3) is 0 Å². The van der Waals surface area contributed by atoms with Crippen LogP contribution in [0, 0.1) is 5.92 Å². The first-order valence-corrected chi connectivity index (χ1v) is 5.90. The van der Waals surface area contributed by atoms with Crippen molar-refractivity contribution in [2.24, 2.45) is 13.0 Å². The summed E-state index contributed by atoms with van der Waals surface area (Å²) in [6, 6.07) is 0. The lowest BCUT2D eigenvalue weighted by Gasteiger charge is -2.21. The van der Waals surface area contributed by atoms with Crippen LogP contribution >= 0.6 is 11.8 Å². The van der Waals surface area contributed by atoms with Gasteiger partial charge in [-0.05, 0) is 37.1 Å². The quantitative estimate of drug-likeness (QED) is 0.732. The fourth-order valence-electron chi connectivity index (χ4n) is 1.58. The second-order valence-electron chi connectivity index (χ2n) is 3.58. The Morgan fingerprint density at radius 1 is 1.64 bits per heavy atom. The van der Waals surface area contributed by atoms with Gasteiger partial charge < -0.3 is 5.32 Å². The molecule has 2 rings (SSSR count). The number of hydrogen-bond acceptors (Lipinski definition) is 5. The molecule has 0 bridgehead atoms. The van der Waals surface area contributed by atoms with Gasteiger partial charge in [-0.25, -0.2) is 0 Å². The van der Waals surface area contributed by atoms with Crippen LogP contribution in [0.15, 0.2) is 5.16 Å². The van der Waals surface area contributed by atoms with Crippen molar-refractivity contribution in [3.05, 3.63) is 0 Å². The molecule has 6 heteroatoms. The Morgan fingerprint density at radius 3 is 3.21 bits per heavy atom. The number of nitrogens with zero attached hydrogens (tertiary/aromatic N) is 4. The molecule has 78 valence electrons. The Morgan fingerprint density at radius 2 is 2.57 bits per heavy atom. The predicted octanol–water partition coefficient (Wildman–Crippen LogP) is 0.302. The summed E-state index contributed by atoms with van der Waals surface area (Å²) in [5.41, 5.74) is 0. The lowest BCUT2D eigenvalue weighted by atomic mass is 10.0. The molecule has 1 N–H and O–H groups in total. The number of hydrogen-bond donors (Lipinski definition) is 1. The first-order valence-electron chi connectivity index (χ1n) is 4.92. The zero-order chi connectivity index (χ0) is 9.80. The molecule has 1 aliphatic heterocycles. The molecule has 0 amide bonds. The molecule has 1 atom stereocenters. The van der Waals surface area contributed by atoms with Gasteiger partial charge in [-0.1, -0.05) is 11.8 Å². The third kappa shape index (κ3) is 2.68. The van der Waals surface area contributed by atoms with Gasteiger partial charge >= 0.3 is 0 Å². The first-order chi connectivity index (χ1) is 6.84. The highest BCUT2D eigenvalue weighted by Gasteiger charge is 2.14. The van der Waals surface area contributed by atoms with Crippen LogP contribution < -0.4 is 5.32 Å². The van der Waals surface area contributed by atoms with E-state index in [2.05, 4.69) is 20.7 Å². The molecule has 0 spiro atoms. The van der Waals surface area contributed by atoms with Gasteiger partial charge in [-0.3, -0.25) is 0 Å². The third-order valence-electron chi connectivity index (χ3n) is 2.34. The predicted molar refractivity (Wildman–Crippen MR) is 55.1 cm³/mol. The van der Waals surface area contributed by atoms with Crippen molar-refractivity contribution in [2.45, 2.75) is 18.0 Å². The molecule has 1 aliphatic rings. The van der Waals surface area contributed by atoms with Gasteiger partial charge in [0, 0.05) is 5.75 Å². The van der Waals surface area contributed by atoms with Crippen molar-refractivity contribution in [3.63, 3.8) is 0 Å². The van der Waals surface area contributed by atoms with Crippen LogP contribution in [-0.2, 0) is 7.05 Å². The minimum atomic E-state index is 0.762. The fourth-order valence-corrected chi connectivity index (χ4v) is 2.52. The average molecular weight is 213 g/mol. The van der Waals surface area contributed by atoms with Gasteiger partial charge in [0.15, 0.2) is 0 Å². The van der Waals surface area contributed by atoms with Crippen LogP contribution in [0.5, 0.6) is 0 Å². The lowest BCUT2D eigenvalue weighted by molar-refractivity contribution is 0.410. The molecule has 0 aromatic carbocycles. The number of tetrazole rings is 1. The van der Waals surface area contributed by atoms with Crippen molar-refractivity contribution in [1.29, 1.82) is 0 Å². The number of piperidine rings is 1. The molecule has 1 saturated heterocycles. The van der Waals surface area contributed by atoms with E-state index in [0.717, 1.165) is 23.4 Å². The Hall–Kier alpha value is -0.620. The van der Waals surface area contributed by atoms with Gasteiger partial charge in [0.2, 0.25) is 5.16 Å². The van der Waals surface area contributed by atoms with Crippen LogP contribution in [0.3, 0.4) is 0 Å². The van der Waals surface area contributed by atoms with Crippen LogP contribution in [-0.4, -0.2) is 39.0 Å². The van der Waals surface area contributed by atoms with Crippen LogP contribution in [0.1, 0.15) is 12.8 Å². The standard InChI is InChI=1S/C8H15N5S/c1-13-11-8(10-12-13)14-6-7-3-2-4-9-5-7/h7,9H,2-6H2,1H3. The maximum absolute atomic E-state index is 4.13. The van der Waals surface area contributed by atoms with E-state index >= 15 is 0 Å². The van der Waals surface area contributed by atoms with Crippen molar-refractivity contribution in [2.75, 3.05) is 18.8 Å². The lowest BCUT2D eigenvalue weighted by Crippen LogP contribution is -2.30. The van der Waals surface area contributed by atoms with Crippen LogP contribution in [0.2, 0.25) is 0 Å². The molecule has 5 nitrogen and oxygen atoms in total. The zero-order valence-electron chi connectivity index (χ0n) is 8.31. The Balaban J connectivity index is 1.76. The molecular formula is C8H15N5S. The summed E-state index contributed by atoms with van der Waals surface area (Å²) in [5, 5.41) is 16.1.